The van der Waals surface area contributed by atoms with Crippen molar-refractivity contribution in [2.45, 2.75) is 0 Å². The zero-order chi connectivity index (χ0) is 16.8. The number of furan rings is 2. The lowest BCUT2D eigenvalue weighted by atomic mass is 9.96. The normalized spacial score (nSPS) is 12.6. The van der Waals surface area contributed by atoms with Gasteiger partial charge in [0, 0.05) is 27.7 Å². The smallest absolute Gasteiger partial charge is 0.139 e. The van der Waals surface area contributed by atoms with E-state index >= 15 is 0 Å². The molecule has 3 heterocycles. The minimum absolute atomic E-state index is 0.869. The lowest BCUT2D eigenvalue weighted by Crippen LogP contribution is -1.82. The zero-order valence-electron chi connectivity index (χ0n) is 13.6. The number of aromatic nitrogens is 1. The van der Waals surface area contributed by atoms with Crippen molar-refractivity contribution < 1.29 is 8.83 Å². The van der Waals surface area contributed by atoms with Gasteiger partial charge in [0.25, 0.3) is 0 Å². The van der Waals surface area contributed by atoms with Gasteiger partial charge < -0.3 is 8.83 Å². The predicted molar refractivity (Wildman–Crippen MR) is 105 cm³/mol. The van der Waals surface area contributed by atoms with Crippen LogP contribution in [-0.2, 0) is 0 Å². The van der Waals surface area contributed by atoms with Crippen molar-refractivity contribution in [1.29, 1.82) is 0 Å². The third-order valence-electron chi connectivity index (χ3n) is 5.48. The third kappa shape index (κ3) is 1.32. The molecule has 0 amide bonds. The first-order valence-electron chi connectivity index (χ1n) is 8.65. The number of pyridine rings is 1. The monoisotopic (exact) mass is 333 g/mol. The van der Waals surface area contributed by atoms with E-state index in [0.29, 0.717) is 0 Å². The summed E-state index contributed by atoms with van der Waals surface area (Å²) < 4.78 is 12.3. The Morgan fingerprint density at radius 2 is 1.00 bits per heavy atom. The summed E-state index contributed by atoms with van der Waals surface area (Å²) in [5.41, 5.74) is 4.51. The van der Waals surface area contributed by atoms with Gasteiger partial charge in [-0.3, -0.25) is 4.98 Å². The van der Waals surface area contributed by atoms with Gasteiger partial charge in [-0.05, 0) is 35.0 Å². The molecule has 7 aromatic rings. The molecule has 0 spiro atoms. The highest BCUT2D eigenvalue weighted by Gasteiger charge is 2.19. The molecule has 120 valence electrons. The van der Waals surface area contributed by atoms with Crippen molar-refractivity contribution in [2.75, 3.05) is 0 Å². The maximum Gasteiger partial charge on any atom is 0.139 e. The quantitative estimate of drug-likeness (QED) is 0.313. The maximum absolute atomic E-state index is 6.18. The molecule has 0 bridgehead atoms. The number of nitrogens with zero attached hydrogens (tertiary/aromatic N) is 1. The average molecular weight is 333 g/mol. The number of fused-ring (bicyclic) bond motifs is 2. The average Bonchev–Trinajstić information content (AvgIpc) is 3.24. The van der Waals surface area contributed by atoms with Crippen molar-refractivity contribution in [2.24, 2.45) is 0 Å². The second kappa shape index (κ2) is 4.14. The molecule has 26 heavy (non-hydrogen) atoms. The predicted octanol–water partition coefficient (Wildman–Crippen LogP) is 6.62. The first kappa shape index (κ1) is 12.7. The highest BCUT2D eigenvalue weighted by Crippen LogP contribution is 2.44. The van der Waals surface area contributed by atoms with Crippen LogP contribution in [0.2, 0.25) is 0 Å². The van der Waals surface area contributed by atoms with Gasteiger partial charge in [0.15, 0.2) is 0 Å². The van der Waals surface area contributed by atoms with Gasteiger partial charge in [-0.2, -0.15) is 0 Å². The van der Waals surface area contributed by atoms with E-state index in [1.165, 1.54) is 10.8 Å². The number of benzene rings is 3. The summed E-state index contributed by atoms with van der Waals surface area (Å²) in [4.78, 5) is 4.76. The van der Waals surface area contributed by atoms with Crippen molar-refractivity contribution in [1.82, 2.24) is 4.98 Å². The Hall–Kier alpha value is -3.59. The van der Waals surface area contributed by atoms with Gasteiger partial charge in [-0.25, -0.2) is 0 Å². The van der Waals surface area contributed by atoms with Gasteiger partial charge in [-0.15, -0.1) is 0 Å². The third-order valence-corrected chi connectivity index (χ3v) is 5.48. The summed E-state index contributed by atoms with van der Waals surface area (Å²) in [6, 6.07) is 20.6. The van der Waals surface area contributed by atoms with E-state index < -0.39 is 0 Å². The van der Waals surface area contributed by atoms with Crippen molar-refractivity contribution in [3.8, 4) is 0 Å². The maximum atomic E-state index is 6.18. The molecular weight excluding hydrogens is 322 g/mol. The lowest BCUT2D eigenvalue weighted by molar-refractivity contribution is 0.668. The minimum atomic E-state index is 0.869. The number of hydrogen-bond acceptors (Lipinski definition) is 3. The fraction of sp³-hybridized carbons (Fsp3) is 0. The van der Waals surface area contributed by atoms with E-state index in [9.17, 15) is 0 Å². The summed E-state index contributed by atoms with van der Waals surface area (Å²) in [5.74, 6) is 0. The Bertz CT molecular complexity index is 1390. The van der Waals surface area contributed by atoms with Crippen LogP contribution in [0, 0.1) is 0 Å². The molecule has 0 aliphatic heterocycles. The molecule has 0 saturated carbocycles. The van der Waals surface area contributed by atoms with E-state index in [-0.39, 0.29) is 0 Å². The van der Waals surface area contributed by atoms with Crippen LogP contribution in [0.3, 0.4) is 0 Å². The van der Waals surface area contributed by atoms with Crippen LogP contribution in [0.25, 0.3) is 65.6 Å². The molecule has 0 atom stereocenters. The van der Waals surface area contributed by atoms with Gasteiger partial charge in [-0.1, -0.05) is 36.4 Å². The van der Waals surface area contributed by atoms with Gasteiger partial charge in [0.2, 0.25) is 0 Å². The van der Waals surface area contributed by atoms with E-state index in [4.69, 9.17) is 13.8 Å². The molecule has 0 unspecified atom stereocenters. The fourth-order valence-corrected chi connectivity index (χ4v) is 4.48. The van der Waals surface area contributed by atoms with Crippen LogP contribution in [0.4, 0.5) is 0 Å². The van der Waals surface area contributed by atoms with Crippen LogP contribution in [0.5, 0.6) is 0 Å². The highest BCUT2D eigenvalue weighted by molar-refractivity contribution is 6.35. The van der Waals surface area contributed by atoms with Crippen LogP contribution < -0.4 is 0 Å². The zero-order valence-corrected chi connectivity index (χ0v) is 13.6. The Balaban J connectivity index is 2.07. The van der Waals surface area contributed by atoms with Crippen LogP contribution in [0.15, 0.2) is 75.7 Å². The second-order valence-corrected chi connectivity index (χ2v) is 6.77. The Morgan fingerprint density at radius 1 is 0.500 bits per heavy atom. The fourth-order valence-electron chi connectivity index (χ4n) is 4.48. The van der Waals surface area contributed by atoms with Gasteiger partial charge in [0.1, 0.15) is 22.3 Å². The van der Waals surface area contributed by atoms with Crippen LogP contribution in [-0.4, -0.2) is 4.98 Å². The molecule has 3 aromatic heterocycles. The molecule has 0 saturated heterocycles. The van der Waals surface area contributed by atoms with Gasteiger partial charge >= 0.3 is 0 Å². The van der Waals surface area contributed by atoms with Crippen molar-refractivity contribution >= 4 is 65.6 Å². The van der Waals surface area contributed by atoms with E-state index in [2.05, 4.69) is 30.3 Å². The van der Waals surface area contributed by atoms with E-state index in [1.807, 2.05) is 36.5 Å². The van der Waals surface area contributed by atoms with E-state index in [1.54, 1.807) is 0 Å². The lowest BCUT2D eigenvalue weighted by Gasteiger charge is -2.05. The standard InChI is InChI=1S/C23H11NO2/c1-4-12-13-5-2-8-16-20(13)22-18(26-16)10-11-24-23(22)14-6-3-9-17-21(14)19(12)15(7-1)25-17/h1-11H. The second-order valence-electron chi connectivity index (χ2n) is 6.77. The molecule has 3 nitrogen and oxygen atoms in total. The Morgan fingerprint density at radius 3 is 1.65 bits per heavy atom. The molecule has 7 rings (SSSR count). The van der Waals surface area contributed by atoms with E-state index in [0.717, 1.165) is 54.8 Å². The summed E-state index contributed by atoms with van der Waals surface area (Å²) in [7, 11) is 0. The van der Waals surface area contributed by atoms with Crippen molar-refractivity contribution in [3.63, 3.8) is 0 Å². The van der Waals surface area contributed by atoms with Crippen molar-refractivity contribution in [3.05, 3.63) is 66.9 Å². The molecule has 4 aromatic carbocycles. The SMILES string of the molecule is c1cc2oc3cccc4c5nccc6oc7cccc(c(c1)c2c34)c7c65. The number of hydrogen-bond donors (Lipinski definition) is 0. The van der Waals surface area contributed by atoms with Crippen LogP contribution in [0.1, 0.15) is 0 Å². The van der Waals surface area contributed by atoms with Gasteiger partial charge in [0.05, 0.1) is 10.9 Å². The summed E-state index contributed by atoms with van der Waals surface area (Å²) >= 11 is 0. The molecule has 0 N–H and O–H groups in total. The minimum Gasteiger partial charge on any atom is -0.456 e. The largest absolute Gasteiger partial charge is 0.456 e. The van der Waals surface area contributed by atoms with Crippen LogP contribution >= 0.6 is 0 Å². The molecular formula is C23H11NO2. The topological polar surface area (TPSA) is 39.2 Å². The Labute approximate surface area is 146 Å². The highest BCUT2D eigenvalue weighted by atomic mass is 16.3. The molecule has 0 radical (unpaired) electrons. The summed E-state index contributed by atoms with van der Waals surface area (Å²) in [6.07, 6.45) is 1.82. The molecule has 0 aliphatic carbocycles. The first-order valence-corrected chi connectivity index (χ1v) is 8.65. The molecule has 0 aliphatic rings. The summed E-state index contributed by atoms with van der Waals surface area (Å²) in [6.45, 7) is 0. The molecule has 0 fully saturated rings. The first-order chi connectivity index (χ1) is 12.9. The summed E-state index contributed by atoms with van der Waals surface area (Å²) in [5, 5.41) is 7.92. The molecule has 3 heteroatoms. The number of rotatable bonds is 0. The Kier molecular flexibility index (Phi) is 2.03.